The Bertz CT molecular complexity index is 2000. The van der Waals surface area contributed by atoms with Gasteiger partial charge in [-0.15, -0.1) is 0 Å². The molecule has 1 heterocycles. The monoisotopic (exact) mass is 715 g/mol. The van der Waals surface area contributed by atoms with Gasteiger partial charge in [-0.2, -0.15) is 0 Å². The fourth-order valence-corrected chi connectivity index (χ4v) is 8.53. The van der Waals surface area contributed by atoms with Crippen molar-refractivity contribution in [2.24, 2.45) is 5.41 Å². The standard InChI is InChI=1S/C38H23Br2NO4/c39-24-18-14-22(15-19-24)31-37(33(42)27-10-4-5-11-28(27)34(37)43)32(23-16-20-25(40)21-17-23)41(26-8-2-1-3-9-26)38(31)35(44)29-12-6-7-13-30(29)36(38)45/h1-21,31-32H/t31-,32-/m0/s1. The second kappa shape index (κ2) is 10.0. The van der Waals surface area contributed by atoms with Gasteiger partial charge in [0.1, 0.15) is 5.41 Å². The van der Waals surface area contributed by atoms with Crippen molar-refractivity contribution in [2.45, 2.75) is 17.5 Å². The zero-order valence-electron chi connectivity index (χ0n) is 23.6. The summed E-state index contributed by atoms with van der Waals surface area (Å²) in [7, 11) is 0. The molecule has 0 N–H and O–H groups in total. The van der Waals surface area contributed by atoms with Gasteiger partial charge >= 0.3 is 0 Å². The van der Waals surface area contributed by atoms with E-state index in [0.29, 0.717) is 27.9 Å². The third-order valence-corrected chi connectivity index (χ3v) is 10.7. The second-order valence-electron chi connectivity index (χ2n) is 11.7. The number of carbonyl (C=O) groups excluding carboxylic acids is 4. The first-order chi connectivity index (χ1) is 21.8. The summed E-state index contributed by atoms with van der Waals surface area (Å²) in [5.74, 6) is -2.78. The molecule has 5 nitrogen and oxygen atoms in total. The van der Waals surface area contributed by atoms with E-state index in [4.69, 9.17) is 0 Å². The zero-order valence-corrected chi connectivity index (χ0v) is 26.8. The number of anilines is 1. The van der Waals surface area contributed by atoms with E-state index in [-0.39, 0.29) is 11.1 Å². The molecule has 0 unspecified atom stereocenters. The Labute approximate surface area is 276 Å². The van der Waals surface area contributed by atoms with Crippen LogP contribution in [0, 0.1) is 5.41 Å². The number of hydrogen-bond donors (Lipinski definition) is 0. The van der Waals surface area contributed by atoms with E-state index in [9.17, 15) is 0 Å². The lowest BCUT2D eigenvalue weighted by molar-refractivity contribution is 0.0619. The molecular weight excluding hydrogens is 694 g/mol. The smallest absolute Gasteiger partial charge is 0.197 e. The largest absolute Gasteiger partial charge is 0.343 e. The molecule has 1 saturated heterocycles. The first-order valence-corrected chi connectivity index (χ1v) is 16.1. The van der Waals surface area contributed by atoms with Gasteiger partial charge in [-0.25, -0.2) is 0 Å². The van der Waals surface area contributed by atoms with Crippen molar-refractivity contribution in [1.29, 1.82) is 0 Å². The third kappa shape index (κ3) is 3.54. The van der Waals surface area contributed by atoms with E-state index in [0.717, 1.165) is 8.95 Å². The third-order valence-electron chi connectivity index (χ3n) is 9.64. The summed E-state index contributed by atoms with van der Waals surface area (Å²) in [6.07, 6.45) is 0. The predicted molar refractivity (Wildman–Crippen MR) is 178 cm³/mol. The zero-order chi connectivity index (χ0) is 31.1. The summed E-state index contributed by atoms with van der Waals surface area (Å²) in [5.41, 5.74) is -0.858. The molecule has 0 bridgehead atoms. The van der Waals surface area contributed by atoms with E-state index in [1.807, 2.05) is 78.9 Å². The maximum absolute atomic E-state index is 15.2. The number of para-hydroxylation sites is 1. The highest BCUT2D eigenvalue weighted by atomic mass is 79.9. The molecule has 45 heavy (non-hydrogen) atoms. The van der Waals surface area contributed by atoms with Crippen LogP contribution in [-0.2, 0) is 0 Å². The maximum Gasteiger partial charge on any atom is 0.197 e. The average Bonchev–Trinajstić information content (AvgIpc) is 3.57. The summed E-state index contributed by atoms with van der Waals surface area (Å²) in [6, 6.07) is 36.6. The second-order valence-corrected chi connectivity index (χ2v) is 13.5. The fraction of sp³-hybridized carbons (Fsp3) is 0.105. The number of rotatable bonds is 3. The normalized spacial score (nSPS) is 20.7. The topological polar surface area (TPSA) is 71.5 Å². The van der Waals surface area contributed by atoms with Crippen LogP contribution >= 0.6 is 31.9 Å². The summed E-state index contributed by atoms with van der Waals surface area (Å²) in [4.78, 5) is 62.7. The van der Waals surface area contributed by atoms with E-state index < -0.39 is 46.0 Å². The number of ketones is 4. The fourth-order valence-electron chi connectivity index (χ4n) is 8.00. The summed E-state index contributed by atoms with van der Waals surface area (Å²) in [6.45, 7) is 0. The summed E-state index contributed by atoms with van der Waals surface area (Å²) in [5, 5.41) is 0. The number of Topliss-reactive ketones (excluding diaryl/α,β-unsaturated/α-hetero) is 4. The molecule has 7 heteroatoms. The quantitative estimate of drug-likeness (QED) is 0.175. The van der Waals surface area contributed by atoms with Crippen LogP contribution in [0.2, 0.25) is 0 Å². The van der Waals surface area contributed by atoms with Gasteiger partial charge in [0, 0.05) is 42.8 Å². The van der Waals surface area contributed by atoms with Crippen LogP contribution in [0.4, 0.5) is 5.69 Å². The molecule has 0 saturated carbocycles. The van der Waals surface area contributed by atoms with Crippen molar-refractivity contribution in [3.8, 4) is 0 Å². The predicted octanol–water partition coefficient (Wildman–Crippen LogP) is 8.44. The van der Waals surface area contributed by atoms with E-state index in [2.05, 4.69) is 31.9 Å². The first kappa shape index (κ1) is 28.0. The Morgan fingerprint density at radius 3 is 1.33 bits per heavy atom. The van der Waals surface area contributed by atoms with Crippen LogP contribution in [0.1, 0.15) is 64.5 Å². The lowest BCUT2D eigenvalue weighted by Crippen LogP contribution is -2.57. The van der Waals surface area contributed by atoms with Crippen LogP contribution < -0.4 is 4.90 Å². The van der Waals surface area contributed by atoms with Crippen molar-refractivity contribution in [1.82, 2.24) is 0 Å². The first-order valence-electron chi connectivity index (χ1n) is 14.6. The number of hydrogen-bond acceptors (Lipinski definition) is 5. The van der Waals surface area contributed by atoms with Gasteiger partial charge in [-0.05, 0) is 47.5 Å². The molecule has 218 valence electrons. The Morgan fingerprint density at radius 1 is 0.467 bits per heavy atom. The minimum Gasteiger partial charge on any atom is -0.343 e. The van der Waals surface area contributed by atoms with Crippen LogP contribution in [-0.4, -0.2) is 28.7 Å². The molecule has 5 aromatic rings. The highest BCUT2D eigenvalue weighted by molar-refractivity contribution is 9.10. The van der Waals surface area contributed by atoms with Gasteiger partial charge in [-0.3, -0.25) is 19.2 Å². The van der Waals surface area contributed by atoms with E-state index >= 15 is 19.2 Å². The van der Waals surface area contributed by atoms with Gasteiger partial charge in [0.2, 0.25) is 0 Å². The molecule has 2 spiro atoms. The minimum atomic E-state index is -1.94. The van der Waals surface area contributed by atoms with Gasteiger partial charge in [0.15, 0.2) is 28.7 Å². The number of halogens is 2. The summed E-state index contributed by atoms with van der Waals surface area (Å²) >= 11 is 7.05. The molecule has 2 aliphatic carbocycles. The van der Waals surface area contributed by atoms with Gasteiger partial charge in [-0.1, -0.05) is 123 Å². The van der Waals surface area contributed by atoms with Gasteiger partial charge in [0.05, 0.1) is 6.04 Å². The number of carbonyl (C=O) groups is 4. The van der Waals surface area contributed by atoms with Crippen molar-refractivity contribution in [2.75, 3.05) is 4.90 Å². The van der Waals surface area contributed by atoms with E-state index in [1.54, 1.807) is 53.4 Å². The Morgan fingerprint density at radius 2 is 0.867 bits per heavy atom. The molecule has 8 rings (SSSR count). The number of fused-ring (bicyclic) bond motifs is 2. The molecule has 5 aromatic carbocycles. The lowest BCUT2D eigenvalue weighted by atomic mass is 9.60. The lowest BCUT2D eigenvalue weighted by Gasteiger charge is -2.40. The number of nitrogens with zero attached hydrogens (tertiary/aromatic N) is 1. The Balaban J connectivity index is 1.58. The van der Waals surface area contributed by atoms with Crippen LogP contribution in [0.3, 0.4) is 0 Å². The molecule has 0 aromatic heterocycles. The molecule has 1 aliphatic heterocycles. The Hall–Kier alpha value is -4.46. The number of benzene rings is 5. The van der Waals surface area contributed by atoms with Crippen molar-refractivity contribution in [3.63, 3.8) is 0 Å². The molecule has 1 fully saturated rings. The molecule has 2 atom stereocenters. The maximum atomic E-state index is 15.2. The van der Waals surface area contributed by atoms with Crippen LogP contribution in [0.5, 0.6) is 0 Å². The van der Waals surface area contributed by atoms with Gasteiger partial charge < -0.3 is 4.90 Å². The average molecular weight is 717 g/mol. The molecule has 3 aliphatic rings. The SMILES string of the molecule is O=C1c2ccccc2C(=O)C12[C@H](c1ccc(Br)cc1)N(c1ccccc1)C1(C(=O)c3ccccc3C1=O)[C@H]2c1ccc(Br)cc1. The Kier molecular flexibility index (Phi) is 6.25. The molecule has 0 radical (unpaired) electrons. The van der Waals surface area contributed by atoms with E-state index in [1.165, 1.54) is 0 Å². The van der Waals surface area contributed by atoms with Crippen molar-refractivity contribution in [3.05, 3.63) is 170 Å². The molecular formula is C38H23Br2NO4. The molecule has 0 amide bonds. The minimum absolute atomic E-state index is 0.285. The van der Waals surface area contributed by atoms with Crippen molar-refractivity contribution < 1.29 is 19.2 Å². The summed E-state index contributed by atoms with van der Waals surface area (Å²) < 4.78 is 1.60. The highest BCUT2D eigenvalue weighted by Gasteiger charge is 2.80. The highest BCUT2D eigenvalue weighted by Crippen LogP contribution is 2.69. The van der Waals surface area contributed by atoms with Crippen molar-refractivity contribution >= 4 is 60.7 Å². The van der Waals surface area contributed by atoms with Crippen LogP contribution in [0.15, 0.2) is 136 Å². The van der Waals surface area contributed by atoms with Gasteiger partial charge in [0.25, 0.3) is 0 Å². The van der Waals surface area contributed by atoms with Crippen LogP contribution in [0.25, 0.3) is 0 Å².